The highest BCUT2D eigenvalue weighted by atomic mass is 79.9. The van der Waals surface area contributed by atoms with Crippen LogP contribution in [0.1, 0.15) is 11.5 Å². The van der Waals surface area contributed by atoms with Gasteiger partial charge in [-0.3, -0.25) is 4.79 Å². The van der Waals surface area contributed by atoms with Crippen LogP contribution in [0.3, 0.4) is 0 Å². The lowest BCUT2D eigenvalue weighted by molar-refractivity contribution is -0.136. The first-order valence-corrected chi connectivity index (χ1v) is 7.94. The van der Waals surface area contributed by atoms with Crippen LogP contribution in [-0.4, -0.2) is 31.4 Å². The average Bonchev–Trinajstić information content (AvgIpc) is 2.90. The van der Waals surface area contributed by atoms with Gasteiger partial charge in [-0.25, -0.2) is 9.18 Å². The zero-order valence-corrected chi connectivity index (χ0v) is 14.7. The summed E-state index contributed by atoms with van der Waals surface area (Å²) in [7, 11) is 0. The molecule has 1 aromatic rings. The number of benzene rings is 1. The van der Waals surface area contributed by atoms with Crippen molar-refractivity contribution in [2.24, 2.45) is 0 Å². The van der Waals surface area contributed by atoms with Crippen molar-refractivity contribution < 1.29 is 18.7 Å². The first kappa shape index (κ1) is 17.1. The van der Waals surface area contributed by atoms with Gasteiger partial charge in [0.15, 0.2) is 5.78 Å². The first-order valence-electron chi connectivity index (χ1n) is 7.15. The number of cyclic esters (lactones) is 1. The van der Waals surface area contributed by atoms with Gasteiger partial charge in [-0.2, -0.15) is 0 Å². The smallest absolute Gasteiger partial charge is 0.337 e. The summed E-state index contributed by atoms with van der Waals surface area (Å²) in [6.07, 6.45) is 0. The van der Waals surface area contributed by atoms with Gasteiger partial charge < -0.3 is 15.4 Å². The van der Waals surface area contributed by atoms with Crippen molar-refractivity contribution in [2.75, 3.05) is 19.7 Å². The third-order valence-electron chi connectivity index (χ3n) is 4.26. The lowest BCUT2D eigenvalue weighted by Gasteiger charge is -2.32. The summed E-state index contributed by atoms with van der Waals surface area (Å²) >= 11 is 3.17. The SMILES string of the molecule is Cl.O=C1CNCC2=C1C(c1ccc(F)c(Br)c1)C1=C(COC1=O)N2. The van der Waals surface area contributed by atoms with Crippen LogP contribution >= 0.6 is 28.3 Å². The summed E-state index contributed by atoms with van der Waals surface area (Å²) in [6, 6.07) is 4.54. The molecular formula is C16H13BrClFN2O3. The molecule has 0 saturated carbocycles. The Kier molecular flexibility index (Phi) is 4.50. The molecule has 24 heavy (non-hydrogen) atoms. The molecule has 4 rings (SSSR count). The average molecular weight is 416 g/mol. The van der Waals surface area contributed by atoms with Gasteiger partial charge in [0.25, 0.3) is 0 Å². The molecule has 0 aliphatic carbocycles. The van der Waals surface area contributed by atoms with Gasteiger partial charge >= 0.3 is 5.97 Å². The fraction of sp³-hybridized carbons (Fsp3) is 0.250. The van der Waals surface area contributed by atoms with Crippen molar-refractivity contribution in [3.05, 3.63) is 56.6 Å². The Morgan fingerprint density at radius 2 is 1.96 bits per heavy atom. The van der Waals surface area contributed by atoms with Crippen molar-refractivity contribution in [2.45, 2.75) is 5.92 Å². The number of nitrogens with one attached hydrogen (secondary N) is 2. The molecule has 8 heteroatoms. The quantitative estimate of drug-likeness (QED) is 0.686. The summed E-state index contributed by atoms with van der Waals surface area (Å²) in [5, 5.41) is 6.18. The van der Waals surface area contributed by atoms with E-state index in [-0.39, 0.29) is 31.3 Å². The van der Waals surface area contributed by atoms with E-state index in [1.54, 1.807) is 12.1 Å². The fourth-order valence-corrected chi connectivity index (χ4v) is 3.67. The second kappa shape index (κ2) is 6.31. The van der Waals surface area contributed by atoms with Crippen LogP contribution in [0, 0.1) is 5.82 Å². The molecule has 5 nitrogen and oxygen atoms in total. The molecule has 0 radical (unpaired) electrons. The normalized spacial score (nSPS) is 22.5. The Balaban J connectivity index is 0.00000169. The van der Waals surface area contributed by atoms with E-state index in [1.165, 1.54) is 6.07 Å². The van der Waals surface area contributed by atoms with E-state index in [1.807, 2.05) is 0 Å². The van der Waals surface area contributed by atoms with Gasteiger partial charge in [-0.1, -0.05) is 6.07 Å². The number of ketones is 1. The largest absolute Gasteiger partial charge is 0.456 e. The van der Waals surface area contributed by atoms with Crippen LogP contribution in [0.25, 0.3) is 0 Å². The number of esters is 1. The first-order chi connectivity index (χ1) is 11.1. The highest BCUT2D eigenvalue weighted by Gasteiger charge is 2.42. The maximum Gasteiger partial charge on any atom is 0.337 e. The number of Topliss-reactive ketones (excluding diaryl/α,β-unsaturated/α-hetero) is 1. The van der Waals surface area contributed by atoms with Gasteiger partial charge in [-0.15, -0.1) is 12.4 Å². The number of hydrogen-bond acceptors (Lipinski definition) is 5. The summed E-state index contributed by atoms with van der Waals surface area (Å²) in [5.74, 6) is -1.43. The maximum atomic E-state index is 13.6. The van der Waals surface area contributed by atoms with Crippen molar-refractivity contribution >= 4 is 40.1 Å². The molecule has 0 bridgehead atoms. The molecule has 0 saturated heterocycles. The minimum absolute atomic E-state index is 0. The van der Waals surface area contributed by atoms with E-state index < -0.39 is 17.7 Å². The molecule has 0 spiro atoms. The molecule has 1 atom stereocenters. The molecule has 1 unspecified atom stereocenters. The third-order valence-corrected chi connectivity index (χ3v) is 4.87. The maximum absolute atomic E-state index is 13.6. The number of hydrogen-bond donors (Lipinski definition) is 2. The van der Waals surface area contributed by atoms with E-state index in [0.717, 1.165) is 5.70 Å². The molecule has 3 aliphatic heterocycles. The lowest BCUT2D eigenvalue weighted by Crippen LogP contribution is -2.42. The number of ether oxygens (including phenoxy) is 1. The molecule has 3 heterocycles. The van der Waals surface area contributed by atoms with Gasteiger partial charge in [0.1, 0.15) is 12.4 Å². The number of carbonyl (C=O) groups excluding carboxylic acids is 2. The Hall–Kier alpha value is -1.70. The molecule has 2 N–H and O–H groups in total. The predicted molar refractivity (Wildman–Crippen MR) is 90.1 cm³/mol. The van der Waals surface area contributed by atoms with E-state index in [2.05, 4.69) is 26.6 Å². The molecule has 0 aromatic heterocycles. The third kappa shape index (κ3) is 2.56. The number of rotatable bonds is 1. The zero-order valence-electron chi connectivity index (χ0n) is 12.3. The van der Waals surface area contributed by atoms with Gasteiger partial charge in [0, 0.05) is 23.7 Å². The Morgan fingerprint density at radius 3 is 2.71 bits per heavy atom. The molecule has 0 amide bonds. The number of carbonyl (C=O) groups is 2. The highest BCUT2D eigenvalue weighted by Crippen LogP contribution is 2.42. The molecule has 3 aliphatic rings. The summed E-state index contributed by atoms with van der Waals surface area (Å²) in [5.41, 5.74) is 3.12. The standard InChI is InChI=1S/C16H12BrFN2O3.ClH/c17-8-3-7(1-2-9(8)18)13-14-10(4-19-5-12(14)21)20-11-6-23-16(22)15(11)13;/h1-3,13,19-20H,4-6H2;1H. The van der Waals surface area contributed by atoms with Gasteiger partial charge in [0.2, 0.25) is 0 Å². The second-order valence-corrected chi connectivity index (χ2v) is 6.47. The van der Waals surface area contributed by atoms with Crippen LogP contribution in [0.4, 0.5) is 4.39 Å². The lowest BCUT2D eigenvalue weighted by atomic mass is 9.78. The van der Waals surface area contributed by atoms with Crippen molar-refractivity contribution in [3.63, 3.8) is 0 Å². The summed E-state index contributed by atoms with van der Waals surface area (Å²) in [4.78, 5) is 24.6. The fourth-order valence-electron chi connectivity index (χ4n) is 3.27. The zero-order chi connectivity index (χ0) is 16.1. The van der Waals surface area contributed by atoms with Crippen LogP contribution < -0.4 is 10.6 Å². The summed E-state index contributed by atoms with van der Waals surface area (Å²) in [6.45, 7) is 0.903. The predicted octanol–water partition coefficient (Wildman–Crippen LogP) is 1.93. The monoisotopic (exact) mass is 414 g/mol. The van der Waals surface area contributed by atoms with Gasteiger partial charge in [-0.05, 0) is 33.6 Å². The molecule has 1 aromatic carbocycles. The highest BCUT2D eigenvalue weighted by molar-refractivity contribution is 9.10. The van der Waals surface area contributed by atoms with Crippen LogP contribution in [0.5, 0.6) is 0 Å². The second-order valence-electron chi connectivity index (χ2n) is 5.62. The van der Waals surface area contributed by atoms with Crippen LogP contribution in [-0.2, 0) is 14.3 Å². The Morgan fingerprint density at radius 1 is 1.17 bits per heavy atom. The van der Waals surface area contributed by atoms with Crippen LogP contribution in [0.15, 0.2) is 45.2 Å². The van der Waals surface area contributed by atoms with Crippen LogP contribution in [0.2, 0.25) is 0 Å². The number of halogens is 3. The van der Waals surface area contributed by atoms with E-state index in [0.29, 0.717) is 33.4 Å². The molecule has 0 fully saturated rings. The van der Waals surface area contributed by atoms with Crippen molar-refractivity contribution in [1.29, 1.82) is 0 Å². The number of dihydropyridines is 1. The van der Waals surface area contributed by atoms with E-state index >= 15 is 0 Å². The van der Waals surface area contributed by atoms with E-state index in [9.17, 15) is 14.0 Å². The van der Waals surface area contributed by atoms with Crippen molar-refractivity contribution in [3.8, 4) is 0 Å². The molecule has 126 valence electrons. The topological polar surface area (TPSA) is 67.4 Å². The van der Waals surface area contributed by atoms with Crippen molar-refractivity contribution in [1.82, 2.24) is 10.6 Å². The minimum atomic E-state index is -0.525. The minimum Gasteiger partial charge on any atom is -0.456 e. The molecular weight excluding hydrogens is 403 g/mol. The Labute approximate surface area is 151 Å². The van der Waals surface area contributed by atoms with E-state index in [4.69, 9.17) is 4.74 Å². The van der Waals surface area contributed by atoms with Gasteiger partial charge in [0.05, 0.1) is 22.3 Å². The Bertz CT molecular complexity index is 822. The summed E-state index contributed by atoms with van der Waals surface area (Å²) < 4.78 is 19.0.